The van der Waals surface area contributed by atoms with E-state index in [1.54, 1.807) is 12.1 Å². The second-order valence-corrected chi connectivity index (χ2v) is 5.30. The Morgan fingerprint density at radius 1 is 1.60 bits per heavy atom. The molecule has 1 aliphatic heterocycles. The lowest BCUT2D eigenvalue weighted by atomic mass is 10.1. The zero-order valence-corrected chi connectivity index (χ0v) is 12.2. The van der Waals surface area contributed by atoms with E-state index in [0.29, 0.717) is 37.2 Å². The van der Waals surface area contributed by atoms with E-state index in [-0.39, 0.29) is 22.8 Å². The van der Waals surface area contributed by atoms with Gasteiger partial charge in [-0.05, 0) is 24.6 Å². The zero-order valence-electron chi connectivity index (χ0n) is 11.4. The number of nitrogens with two attached hydrogens (primary N) is 1. The maximum Gasteiger partial charge on any atom is 0.237 e. The van der Waals surface area contributed by atoms with Crippen molar-refractivity contribution in [3.05, 3.63) is 35.1 Å². The number of carbonyl (C=O) groups excluding carboxylic acids is 1. The van der Waals surface area contributed by atoms with Crippen LogP contribution in [0.25, 0.3) is 0 Å². The van der Waals surface area contributed by atoms with E-state index < -0.39 is 0 Å². The Morgan fingerprint density at radius 3 is 3.00 bits per heavy atom. The fraction of sp³-hybridized carbons (Fsp3) is 0.429. The molecule has 0 radical (unpaired) electrons. The van der Waals surface area contributed by atoms with Crippen molar-refractivity contribution in [3.63, 3.8) is 0 Å². The number of piperazine rings is 1. The lowest BCUT2D eigenvalue weighted by molar-refractivity contribution is -0.129. The maximum atomic E-state index is 13.9. The number of hydrogen-bond donors (Lipinski definition) is 2. The summed E-state index contributed by atoms with van der Waals surface area (Å²) in [6.07, 6.45) is 0.697. The van der Waals surface area contributed by atoms with E-state index in [1.165, 1.54) is 6.07 Å². The number of thiocarbonyl (C=S) groups is 1. The van der Waals surface area contributed by atoms with E-state index in [2.05, 4.69) is 5.32 Å². The summed E-state index contributed by atoms with van der Waals surface area (Å²) in [4.78, 5) is 14.0. The number of benzene rings is 1. The van der Waals surface area contributed by atoms with Gasteiger partial charge in [-0.15, -0.1) is 0 Å². The van der Waals surface area contributed by atoms with Crippen molar-refractivity contribution < 1.29 is 9.18 Å². The largest absolute Gasteiger partial charge is 0.389 e. The normalized spacial score (nSPS) is 19.7. The first-order valence-corrected chi connectivity index (χ1v) is 7.03. The lowest BCUT2D eigenvalue weighted by Crippen LogP contribution is -2.54. The van der Waals surface area contributed by atoms with Crippen LogP contribution in [0.1, 0.15) is 24.5 Å². The van der Waals surface area contributed by atoms with Gasteiger partial charge in [0.05, 0.1) is 6.04 Å². The fourth-order valence-corrected chi connectivity index (χ4v) is 2.59. The summed E-state index contributed by atoms with van der Waals surface area (Å²) in [5, 5.41) is 2.83. The highest BCUT2D eigenvalue weighted by Gasteiger charge is 2.28. The fourth-order valence-electron chi connectivity index (χ4n) is 2.46. The molecule has 1 atom stereocenters. The highest BCUT2D eigenvalue weighted by molar-refractivity contribution is 7.80. The Labute approximate surface area is 123 Å². The maximum absolute atomic E-state index is 13.9. The number of carbonyl (C=O) groups is 1. The molecule has 1 amide bonds. The van der Waals surface area contributed by atoms with Gasteiger partial charge in [0.15, 0.2) is 0 Å². The van der Waals surface area contributed by atoms with Gasteiger partial charge in [0.1, 0.15) is 10.8 Å². The summed E-state index contributed by atoms with van der Waals surface area (Å²) >= 11 is 4.91. The Morgan fingerprint density at radius 2 is 2.35 bits per heavy atom. The van der Waals surface area contributed by atoms with Crippen molar-refractivity contribution in [2.75, 3.05) is 13.1 Å². The van der Waals surface area contributed by atoms with Crippen molar-refractivity contribution in [2.24, 2.45) is 5.73 Å². The van der Waals surface area contributed by atoms with Gasteiger partial charge in [-0.3, -0.25) is 9.69 Å². The van der Waals surface area contributed by atoms with Crippen LogP contribution < -0.4 is 11.1 Å². The molecule has 1 aromatic carbocycles. The van der Waals surface area contributed by atoms with E-state index in [4.69, 9.17) is 18.0 Å². The highest BCUT2D eigenvalue weighted by Crippen LogP contribution is 2.17. The molecule has 1 aliphatic rings. The highest BCUT2D eigenvalue weighted by atomic mass is 32.1. The Kier molecular flexibility index (Phi) is 4.67. The van der Waals surface area contributed by atoms with E-state index in [9.17, 15) is 9.18 Å². The molecule has 20 heavy (non-hydrogen) atoms. The third-order valence-electron chi connectivity index (χ3n) is 3.53. The molecule has 4 nitrogen and oxygen atoms in total. The predicted molar refractivity (Wildman–Crippen MR) is 79.8 cm³/mol. The summed E-state index contributed by atoms with van der Waals surface area (Å²) < 4.78 is 13.9. The molecule has 1 heterocycles. The topological polar surface area (TPSA) is 58.4 Å². The van der Waals surface area contributed by atoms with Crippen molar-refractivity contribution >= 4 is 23.1 Å². The van der Waals surface area contributed by atoms with Crippen LogP contribution in [-0.4, -0.2) is 34.9 Å². The van der Waals surface area contributed by atoms with Crippen LogP contribution in [0, 0.1) is 5.82 Å². The van der Waals surface area contributed by atoms with E-state index in [0.717, 1.165) is 0 Å². The van der Waals surface area contributed by atoms with Crippen LogP contribution in [0.4, 0.5) is 4.39 Å². The van der Waals surface area contributed by atoms with Crippen LogP contribution in [0.15, 0.2) is 18.2 Å². The standard InChI is InChI=1S/C14H18FN3OS/c1-2-12-14(19)17-5-6-18(12)8-10-7-9(13(16)20)3-4-11(10)15/h3-4,7,12H,2,5-6,8H2,1H3,(H2,16,20)(H,17,19). The number of nitrogens with zero attached hydrogens (tertiary/aromatic N) is 1. The minimum absolute atomic E-state index is 0.00431. The molecule has 0 saturated carbocycles. The summed E-state index contributed by atoms with van der Waals surface area (Å²) in [6.45, 7) is 3.63. The summed E-state index contributed by atoms with van der Waals surface area (Å²) in [5.41, 5.74) is 6.73. The van der Waals surface area contributed by atoms with Crippen molar-refractivity contribution in [2.45, 2.75) is 25.9 Å². The smallest absolute Gasteiger partial charge is 0.237 e. The quantitative estimate of drug-likeness (QED) is 0.819. The van der Waals surface area contributed by atoms with Gasteiger partial charge < -0.3 is 11.1 Å². The first-order chi connectivity index (χ1) is 9.52. The molecule has 108 valence electrons. The van der Waals surface area contributed by atoms with Crippen molar-refractivity contribution in [1.29, 1.82) is 0 Å². The average Bonchev–Trinajstić information content (AvgIpc) is 2.41. The van der Waals surface area contributed by atoms with Gasteiger partial charge in [0, 0.05) is 30.8 Å². The number of rotatable bonds is 4. The second kappa shape index (κ2) is 6.28. The number of hydrogen-bond acceptors (Lipinski definition) is 3. The van der Waals surface area contributed by atoms with E-state index in [1.807, 2.05) is 11.8 Å². The number of amides is 1. The Hall–Kier alpha value is -1.53. The first-order valence-electron chi connectivity index (χ1n) is 6.63. The summed E-state index contributed by atoms with van der Waals surface area (Å²) in [5.74, 6) is -0.296. The molecular formula is C14H18FN3OS. The first kappa shape index (κ1) is 14.9. The summed E-state index contributed by atoms with van der Waals surface area (Å²) in [6, 6.07) is 4.39. The second-order valence-electron chi connectivity index (χ2n) is 4.86. The zero-order chi connectivity index (χ0) is 14.7. The van der Waals surface area contributed by atoms with Gasteiger partial charge >= 0.3 is 0 Å². The molecule has 1 fully saturated rings. The minimum Gasteiger partial charge on any atom is -0.389 e. The van der Waals surface area contributed by atoms with Crippen LogP contribution in [-0.2, 0) is 11.3 Å². The van der Waals surface area contributed by atoms with Crippen molar-refractivity contribution in [3.8, 4) is 0 Å². The minimum atomic E-state index is -0.300. The lowest BCUT2D eigenvalue weighted by Gasteiger charge is -2.34. The third-order valence-corrected chi connectivity index (χ3v) is 3.77. The Balaban J connectivity index is 2.22. The predicted octanol–water partition coefficient (Wildman–Crippen LogP) is 1.17. The van der Waals surface area contributed by atoms with Gasteiger partial charge in [0.25, 0.3) is 0 Å². The van der Waals surface area contributed by atoms with Gasteiger partial charge in [-0.2, -0.15) is 0 Å². The number of halogens is 1. The third kappa shape index (κ3) is 3.13. The Bertz CT molecular complexity index is 535. The van der Waals surface area contributed by atoms with Gasteiger partial charge in [-0.25, -0.2) is 4.39 Å². The molecule has 6 heteroatoms. The number of nitrogens with one attached hydrogen (secondary N) is 1. The van der Waals surface area contributed by atoms with Gasteiger partial charge in [0.2, 0.25) is 5.91 Å². The summed E-state index contributed by atoms with van der Waals surface area (Å²) in [7, 11) is 0. The molecule has 1 saturated heterocycles. The van der Waals surface area contributed by atoms with Crippen LogP contribution in [0.3, 0.4) is 0 Å². The molecule has 0 aliphatic carbocycles. The molecule has 1 unspecified atom stereocenters. The molecule has 1 aromatic rings. The van der Waals surface area contributed by atoms with Crippen LogP contribution in [0.5, 0.6) is 0 Å². The van der Waals surface area contributed by atoms with Crippen molar-refractivity contribution in [1.82, 2.24) is 10.2 Å². The van der Waals surface area contributed by atoms with Crippen LogP contribution in [0.2, 0.25) is 0 Å². The molecule has 3 N–H and O–H groups in total. The SMILES string of the molecule is CCC1C(=O)NCCN1Cc1cc(C(N)=S)ccc1F. The molecular weight excluding hydrogens is 277 g/mol. The van der Waals surface area contributed by atoms with Gasteiger partial charge in [-0.1, -0.05) is 19.1 Å². The van der Waals surface area contributed by atoms with Crippen LogP contribution >= 0.6 is 12.2 Å². The average molecular weight is 295 g/mol. The molecule has 0 spiro atoms. The molecule has 0 bridgehead atoms. The monoisotopic (exact) mass is 295 g/mol. The van der Waals surface area contributed by atoms with E-state index >= 15 is 0 Å². The molecule has 2 rings (SSSR count). The molecule has 0 aromatic heterocycles.